The number of nitrogens with zero attached hydrogens (tertiary/aromatic N) is 4. The van der Waals surface area contributed by atoms with E-state index in [1.54, 1.807) is 19.2 Å². The monoisotopic (exact) mass is 537 g/mol. The molecule has 1 atom stereocenters. The number of anilines is 3. The molecule has 9 heteroatoms. The molecule has 0 radical (unpaired) electrons. The predicted molar refractivity (Wildman–Crippen MR) is 152 cm³/mol. The molecule has 2 fully saturated rings. The van der Waals surface area contributed by atoms with E-state index in [4.69, 9.17) is 21.3 Å². The van der Waals surface area contributed by atoms with Gasteiger partial charge in [-0.15, -0.1) is 0 Å². The average molecular weight is 538 g/mol. The highest BCUT2D eigenvalue weighted by atomic mass is 35.5. The van der Waals surface area contributed by atoms with Crippen LogP contribution < -0.4 is 20.5 Å². The first-order valence-corrected chi connectivity index (χ1v) is 14.2. The lowest BCUT2D eigenvalue weighted by Gasteiger charge is -2.31. The number of fused-ring (bicyclic) bond motifs is 1. The molecule has 38 heavy (non-hydrogen) atoms. The smallest absolute Gasteiger partial charge is 0.293 e. The van der Waals surface area contributed by atoms with Crippen molar-refractivity contribution in [2.75, 3.05) is 29.9 Å². The van der Waals surface area contributed by atoms with Gasteiger partial charge in [0.2, 0.25) is 5.95 Å². The summed E-state index contributed by atoms with van der Waals surface area (Å²) in [5.41, 5.74) is 1.48. The summed E-state index contributed by atoms with van der Waals surface area (Å²) in [6.07, 6.45) is 9.66. The molecule has 1 aromatic carbocycles. The van der Waals surface area contributed by atoms with Gasteiger partial charge in [0.15, 0.2) is 17.4 Å². The number of piperidine rings is 1. The van der Waals surface area contributed by atoms with Gasteiger partial charge in [-0.1, -0.05) is 44.7 Å². The van der Waals surface area contributed by atoms with E-state index < -0.39 is 0 Å². The molecule has 1 N–H and O–H groups in total. The number of benzene rings is 1. The summed E-state index contributed by atoms with van der Waals surface area (Å²) in [4.78, 5) is 36.8. The standard InChI is InChI=1S/C29H36ClN5O3/c1-3-23(36)18-38-26-15-20-14-21(11-12-25(20)35(28(26)37)22-9-5-4-6-10-22)32-27-24(30)16-31-29(33-27)34-13-7-8-19(2)17-34/h11-12,14-16,19,22H,3-10,13,17-18H2,1-2H3,(H,31,32,33)/t19-/m0/s1. The third kappa shape index (κ3) is 5.80. The van der Waals surface area contributed by atoms with Crippen molar-refractivity contribution < 1.29 is 9.53 Å². The highest BCUT2D eigenvalue weighted by Crippen LogP contribution is 2.33. The molecule has 1 aliphatic carbocycles. The van der Waals surface area contributed by atoms with E-state index in [0.29, 0.717) is 29.1 Å². The van der Waals surface area contributed by atoms with Gasteiger partial charge in [-0.05, 0) is 55.9 Å². The third-order valence-electron chi connectivity index (χ3n) is 7.66. The summed E-state index contributed by atoms with van der Waals surface area (Å²) < 4.78 is 7.62. The predicted octanol–water partition coefficient (Wildman–Crippen LogP) is 6.29. The Bertz CT molecular complexity index is 1370. The van der Waals surface area contributed by atoms with Gasteiger partial charge in [-0.3, -0.25) is 9.59 Å². The van der Waals surface area contributed by atoms with Gasteiger partial charge in [0.1, 0.15) is 11.6 Å². The number of halogens is 1. The number of rotatable bonds is 8. The first kappa shape index (κ1) is 26.5. The van der Waals surface area contributed by atoms with Crippen LogP contribution in [0.25, 0.3) is 10.9 Å². The van der Waals surface area contributed by atoms with E-state index in [1.165, 1.54) is 12.8 Å². The molecule has 8 nitrogen and oxygen atoms in total. The van der Waals surface area contributed by atoms with Crippen LogP contribution in [0.15, 0.2) is 35.3 Å². The lowest BCUT2D eigenvalue weighted by Crippen LogP contribution is -2.35. The van der Waals surface area contributed by atoms with E-state index in [-0.39, 0.29) is 29.7 Å². The van der Waals surface area contributed by atoms with Gasteiger partial charge in [0, 0.05) is 36.6 Å². The van der Waals surface area contributed by atoms with Crippen molar-refractivity contribution in [1.29, 1.82) is 0 Å². The minimum absolute atomic E-state index is 0.0403. The van der Waals surface area contributed by atoms with Crippen LogP contribution in [0.4, 0.5) is 17.5 Å². The zero-order valence-corrected chi connectivity index (χ0v) is 23.0. The fraction of sp³-hybridized carbons (Fsp3) is 0.517. The largest absolute Gasteiger partial charge is 0.480 e. The maximum atomic E-state index is 13.5. The molecule has 1 saturated heterocycles. The fourth-order valence-corrected chi connectivity index (χ4v) is 5.71. The van der Waals surface area contributed by atoms with Gasteiger partial charge >= 0.3 is 0 Å². The first-order chi connectivity index (χ1) is 18.4. The van der Waals surface area contributed by atoms with Crippen LogP contribution in [-0.2, 0) is 4.79 Å². The number of ketones is 1. The van der Waals surface area contributed by atoms with E-state index in [9.17, 15) is 9.59 Å². The molecule has 0 spiro atoms. The fourth-order valence-electron chi connectivity index (χ4n) is 5.57. The Balaban J connectivity index is 1.49. The lowest BCUT2D eigenvalue weighted by molar-refractivity contribution is -0.120. The van der Waals surface area contributed by atoms with E-state index in [1.807, 2.05) is 22.8 Å². The Morgan fingerprint density at radius 3 is 2.74 bits per heavy atom. The summed E-state index contributed by atoms with van der Waals surface area (Å²) in [6.45, 7) is 5.80. The Hall–Kier alpha value is -3.13. The number of nitrogens with one attached hydrogen (secondary N) is 1. The number of pyridine rings is 1. The van der Waals surface area contributed by atoms with Crippen molar-refractivity contribution >= 4 is 45.7 Å². The van der Waals surface area contributed by atoms with Crippen molar-refractivity contribution in [2.45, 2.75) is 71.3 Å². The highest BCUT2D eigenvalue weighted by molar-refractivity contribution is 6.32. The molecular formula is C29H36ClN5O3. The van der Waals surface area contributed by atoms with Crippen molar-refractivity contribution in [3.8, 4) is 5.75 Å². The summed E-state index contributed by atoms with van der Waals surface area (Å²) in [6, 6.07) is 7.76. The Kier molecular flexibility index (Phi) is 8.17. The van der Waals surface area contributed by atoms with Gasteiger partial charge in [0.05, 0.1) is 11.7 Å². The van der Waals surface area contributed by atoms with Crippen LogP contribution in [0.5, 0.6) is 5.75 Å². The second-order valence-corrected chi connectivity index (χ2v) is 11.0. The quantitative estimate of drug-likeness (QED) is 0.361. The second-order valence-electron chi connectivity index (χ2n) is 10.6. The van der Waals surface area contributed by atoms with Crippen molar-refractivity contribution in [2.24, 2.45) is 5.92 Å². The molecule has 202 valence electrons. The molecule has 2 aliphatic rings. The number of hydrogen-bond acceptors (Lipinski definition) is 7. The number of aromatic nitrogens is 3. The van der Waals surface area contributed by atoms with Gasteiger partial charge < -0.3 is 19.5 Å². The molecule has 2 aromatic heterocycles. The van der Waals surface area contributed by atoms with E-state index in [0.717, 1.165) is 61.8 Å². The van der Waals surface area contributed by atoms with E-state index in [2.05, 4.69) is 22.1 Å². The summed E-state index contributed by atoms with van der Waals surface area (Å²) >= 11 is 6.49. The van der Waals surface area contributed by atoms with Crippen LogP contribution in [-0.4, -0.2) is 40.0 Å². The van der Waals surface area contributed by atoms with Crippen LogP contribution in [0.2, 0.25) is 5.02 Å². The van der Waals surface area contributed by atoms with Gasteiger partial charge in [0.25, 0.3) is 5.56 Å². The zero-order valence-electron chi connectivity index (χ0n) is 22.2. The van der Waals surface area contributed by atoms with E-state index >= 15 is 0 Å². The summed E-state index contributed by atoms with van der Waals surface area (Å²) in [5, 5.41) is 4.65. The summed E-state index contributed by atoms with van der Waals surface area (Å²) in [7, 11) is 0. The lowest BCUT2D eigenvalue weighted by atomic mass is 9.94. The second kappa shape index (κ2) is 11.7. The maximum Gasteiger partial charge on any atom is 0.293 e. The highest BCUT2D eigenvalue weighted by Gasteiger charge is 2.22. The van der Waals surface area contributed by atoms with Gasteiger partial charge in [-0.2, -0.15) is 4.98 Å². The Morgan fingerprint density at radius 2 is 1.97 bits per heavy atom. The van der Waals surface area contributed by atoms with Crippen LogP contribution in [0.1, 0.15) is 71.3 Å². The van der Waals surface area contributed by atoms with Crippen LogP contribution in [0, 0.1) is 5.92 Å². The number of carbonyl (C=O) groups excluding carboxylic acids is 1. The topological polar surface area (TPSA) is 89.3 Å². The maximum absolute atomic E-state index is 13.5. The van der Waals surface area contributed by atoms with Crippen molar-refractivity contribution in [1.82, 2.24) is 14.5 Å². The summed E-state index contributed by atoms with van der Waals surface area (Å²) in [5.74, 6) is 1.99. The van der Waals surface area contributed by atoms with Crippen molar-refractivity contribution in [3.63, 3.8) is 0 Å². The Morgan fingerprint density at radius 1 is 1.16 bits per heavy atom. The molecule has 1 saturated carbocycles. The molecule has 3 heterocycles. The first-order valence-electron chi connectivity index (χ1n) is 13.8. The molecule has 5 rings (SSSR count). The zero-order chi connectivity index (χ0) is 26.6. The number of hydrogen-bond donors (Lipinski definition) is 1. The molecular weight excluding hydrogens is 502 g/mol. The molecule has 1 aliphatic heterocycles. The third-order valence-corrected chi connectivity index (χ3v) is 7.94. The average Bonchev–Trinajstić information content (AvgIpc) is 2.93. The number of ether oxygens (including phenoxy) is 1. The molecule has 0 amide bonds. The number of carbonyl (C=O) groups is 1. The van der Waals surface area contributed by atoms with Crippen LogP contribution >= 0.6 is 11.6 Å². The van der Waals surface area contributed by atoms with Gasteiger partial charge in [-0.25, -0.2) is 4.98 Å². The van der Waals surface area contributed by atoms with Crippen molar-refractivity contribution in [3.05, 3.63) is 45.8 Å². The molecule has 0 bridgehead atoms. The Labute approximate surface area is 228 Å². The normalized spacial score (nSPS) is 18.5. The minimum Gasteiger partial charge on any atom is -0.480 e. The SMILES string of the molecule is CCC(=O)COc1cc2cc(Nc3nc(N4CCC[C@H](C)C4)ncc3Cl)ccc2n(C2CCCCC2)c1=O. The molecule has 0 unspecified atom stereocenters. The molecule has 3 aromatic rings. The number of Topliss-reactive ketones (excluding diaryl/α,β-unsaturated/α-hetero) is 1. The van der Waals surface area contributed by atoms with Crippen LogP contribution in [0.3, 0.4) is 0 Å². The minimum atomic E-state index is -0.173.